The van der Waals surface area contributed by atoms with Crippen molar-refractivity contribution in [1.82, 2.24) is 15.1 Å². The van der Waals surface area contributed by atoms with E-state index in [-0.39, 0.29) is 0 Å². The van der Waals surface area contributed by atoms with Gasteiger partial charge in [-0.3, -0.25) is 0 Å². The number of benzene rings is 2. The van der Waals surface area contributed by atoms with E-state index < -0.39 is 0 Å². The lowest BCUT2D eigenvalue weighted by Crippen LogP contribution is -3.11. The smallest absolute Gasteiger partial charge is 0.282 e. The number of para-hydroxylation sites is 1. The Kier molecular flexibility index (Phi) is 4.84. The molecule has 1 N–H and O–H groups in total. The Hall–Kier alpha value is -2.28. The molecule has 0 bridgehead atoms. The SMILES string of the molecule is Clc1ccc(-c2noc(C[NH+]3CCC(c4nc5ccccc5s4)CC3)n2)cc1. The summed E-state index contributed by atoms with van der Waals surface area (Å²) in [6.45, 7) is 2.96. The van der Waals surface area contributed by atoms with Gasteiger partial charge in [0.25, 0.3) is 5.89 Å². The van der Waals surface area contributed by atoms with E-state index in [2.05, 4.69) is 34.4 Å². The van der Waals surface area contributed by atoms with Crippen LogP contribution in [0.5, 0.6) is 0 Å². The monoisotopic (exact) mass is 411 g/mol. The zero-order chi connectivity index (χ0) is 18.9. The third-order valence-corrected chi connectivity index (χ3v) is 6.77. The Bertz CT molecular complexity index is 1050. The Morgan fingerprint density at radius 2 is 1.82 bits per heavy atom. The molecule has 5 nitrogen and oxygen atoms in total. The summed E-state index contributed by atoms with van der Waals surface area (Å²) in [5.41, 5.74) is 2.04. The molecule has 1 saturated heterocycles. The minimum Gasteiger partial charge on any atom is -0.333 e. The van der Waals surface area contributed by atoms with E-state index in [4.69, 9.17) is 21.1 Å². The van der Waals surface area contributed by atoms with Crippen LogP contribution in [0.1, 0.15) is 29.7 Å². The molecule has 0 aliphatic carbocycles. The number of thiazole rings is 1. The number of nitrogens with one attached hydrogen (secondary N) is 1. The van der Waals surface area contributed by atoms with Crippen LogP contribution in [0.25, 0.3) is 21.6 Å². The predicted octanol–water partition coefficient (Wildman–Crippen LogP) is 3.96. The second-order valence-corrected chi connectivity index (χ2v) is 8.74. The minimum absolute atomic E-state index is 0.563. The van der Waals surface area contributed by atoms with Crippen molar-refractivity contribution in [3.05, 3.63) is 64.5 Å². The molecule has 28 heavy (non-hydrogen) atoms. The fraction of sp³-hybridized carbons (Fsp3) is 0.286. The van der Waals surface area contributed by atoms with Gasteiger partial charge in [0.2, 0.25) is 5.82 Å². The lowest BCUT2D eigenvalue weighted by molar-refractivity contribution is -0.920. The van der Waals surface area contributed by atoms with E-state index in [9.17, 15) is 0 Å². The Morgan fingerprint density at radius 1 is 1.04 bits per heavy atom. The maximum atomic E-state index is 5.94. The van der Waals surface area contributed by atoms with Crippen LogP contribution in [-0.4, -0.2) is 28.2 Å². The van der Waals surface area contributed by atoms with Crippen molar-refractivity contribution >= 4 is 33.2 Å². The van der Waals surface area contributed by atoms with Gasteiger partial charge in [-0.15, -0.1) is 11.3 Å². The van der Waals surface area contributed by atoms with Gasteiger partial charge in [-0.1, -0.05) is 28.9 Å². The highest BCUT2D eigenvalue weighted by molar-refractivity contribution is 7.18. The Labute approximate surface area is 172 Å². The molecule has 0 saturated carbocycles. The fourth-order valence-corrected chi connectivity index (χ4v) is 5.03. The number of fused-ring (bicyclic) bond motifs is 1. The summed E-state index contributed by atoms with van der Waals surface area (Å²) in [4.78, 5) is 10.9. The first-order valence-corrected chi connectivity index (χ1v) is 10.7. The number of nitrogens with zero attached hydrogens (tertiary/aromatic N) is 3. The molecule has 1 fully saturated rings. The molecule has 0 spiro atoms. The van der Waals surface area contributed by atoms with Crippen LogP contribution in [-0.2, 0) is 6.54 Å². The van der Waals surface area contributed by atoms with Crippen molar-refractivity contribution in [2.75, 3.05) is 13.1 Å². The number of piperidine rings is 1. The third-order valence-electron chi connectivity index (χ3n) is 5.32. The topological polar surface area (TPSA) is 56.2 Å². The average Bonchev–Trinajstić information content (AvgIpc) is 3.36. The van der Waals surface area contributed by atoms with Gasteiger partial charge in [0.05, 0.1) is 28.3 Å². The Morgan fingerprint density at radius 3 is 2.61 bits per heavy atom. The molecule has 5 rings (SSSR count). The van der Waals surface area contributed by atoms with Crippen LogP contribution in [0.4, 0.5) is 0 Å². The summed E-state index contributed by atoms with van der Waals surface area (Å²) < 4.78 is 6.76. The maximum Gasteiger partial charge on any atom is 0.282 e. The lowest BCUT2D eigenvalue weighted by Gasteiger charge is -2.27. The van der Waals surface area contributed by atoms with E-state index in [1.54, 1.807) is 0 Å². The number of aromatic nitrogens is 3. The molecule has 2 aromatic heterocycles. The van der Waals surface area contributed by atoms with Gasteiger partial charge in [-0.2, -0.15) is 4.98 Å². The highest BCUT2D eigenvalue weighted by Gasteiger charge is 2.27. The molecule has 1 aliphatic rings. The predicted molar refractivity (Wildman–Crippen MR) is 111 cm³/mol. The number of halogens is 1. The molecular formula is C21H20ClN4OS+. The van der Waals surface area contributed by atoms with Crippen LogP contribution in [0.15, 0.2) is 53.1 Å². The van der Waals surface area contributed by atoms with Crippen LogP contribution in [0.2, 0.25) is 5.02 Å². The van der Waals surface area contributed by atoms with Gasteiger partial charge < -0.3 is 9.42 Å². The highest BCUT2D eigenvalue weighted by Crippen LogP contribution is 2.31. The number of hydrogen-bond acceptors (Lipinski definition) is 5. The molecule has 0 amide bonds. The van der Waals surface area contributed by atoms with E-state index in [0.29, 0.717) is 22.7 Å². The summed E-state index contributed by atoms with van der Waals surface area (Å²) in [7, 11) is 0. The first-order chi connectivity index (χ1) is 13.7. The largest absolute Gasteiger partial charge is 0.333 e. The second-order valence-electron chi connectivity index (χ2n) is 7.24. The van der Waals surface area contributed by atoms with Crippen molar-refractivity contribution in [2.24, 2.45) is 0 Å². The van der Waals surface area contributed by atoms with Gasteiger partial charge in [0.1, 0.15) is 0 Å². The number of quaternary nitrogens is 1. The summed E-state index contributed by atoms with van der Waals surface area (Å²) in [5, 5.41) is 6.10. The zero-order valence-electron chi connectivity index (χ0n) is 15.3. The molecule has 142 valence electrons. The number of rotatable bonds is 4. The van der Waals surface area contributed by atoms with Crippen LogP contribution >= 0.6 is 22.9 Å². The number of hydrogen-bond donors (Lipinski definition) is 1. The standard InChI is InChI=1S/C21H19ClN4OS/c22-16-7-5-14(6-8-16)20-24-19(27-25-20)13-26-11-9-15(10-12-26)21-23-17-3-1-2-4-18(17)28-21/h1-8,15H,9-13H2/p+1. The molecule has 2 aromatic carbocycles. The quantitative estimate of drug-likeness (QED) is 0.552. The van der Waals surface area contributed by atoms with Crippen molar-refractivity contribution in [3.63, 3.8) is 0 Å². The Balaban J connectivity index is 1.21. The molecular weight excluding hydrogens is 392 g/mol. The van der Waals surface area contributed by atoms with E-state index in [1.807, 2.05) is 35.6 Å². The summed E-state index contributed by atoms with van der Waals surface area (Å²) in [5.74, 6) is 1.88. The first kappa shape index (κ1) is 17.8. The van der Waals surface area contributed by atoms with E-state index >= 15 is 0 Å². The summed E-state index contributed by atoms with van der Waals surface area (Å²) >= 11 is 7.78. The van der Waals surface area contributed by atoms with E-state index in [1.165, 1.54) is 14.6 Å². The molecule has 1 aliphatic heterocycles. The molecule has 0 unspecified atom stereocenters. The van der Waals surface area contributed by atoms with E-state index in [0.717, 1.165) is 43.6 Å². The first-order valence-electron chi connectivity index (χ1n) is 9.52. The molecule has 3 heterocycles. The van der Waals surface area contributed by atoms with Gasteiger partial charge in [0.15, 0.2) is 6.54 Å². The van der Waals surface area contributed by atoms with Gasteiger partial charge in [0, 0.05) is 29.3 Å². The molecule has 7 heteroatoms. The fourth-order valence-electron chi connectivity index (χ4n) is 3.77. The van der Waals surface area contributed by atoms with Crippen LogP contribution in [0, 0.1) is 0 Å². The van der Waals surface area contributed by atoms with Gasteiger partial charge in [-0.05, 0) is 36.4 Å². The molecule has 4 aromatic rings. The normalized spacial score (nSPS) is 19.9. The van der Waals surface area contributed by atoms with Crippen molar-refractivity contribution in [1.29, 1.82) is 0 Å². The highest BCUT2D eigenvalue weighted by atomic mass is 35.5. The van der Waals surface area contributed by atoms with Crippen molar-refractivity contribution in [3.8, 4) is 11.4 Å². The minimum atomic E-state index is 0.563. The van der Waals surface area contributed by atoms with Crippen molar-refractivity contribution < 1.29 is 9.42 Å². The van der Waals surface area contributed by atoms with Crippen LogP contribution in [0.3, 0.4) is 0 Å². The van der Waals surface area contributed by atoms with Gasteiger partial charge in [-0.25, -0.2) is 4.98 Å². The molecule has 0 atom stereocenters. The van der Waals surface area contributed by atoms with Crippen molar-refractivity contribution in [2.45, 2.75) is 25.3 Å². The summed E-state index contributed by atoms with van der Waals surface area (Å²) in [6, 6.07) is 15.9. The average molecular weight is 412 g/mol. The van der Waals surface area contributed by atoms with Gasteiger partial charge >= 0.3 is 0 Å². The zero-order valence-corrected chi connectivity index (χ0v) is 16.8. The maximum absolute atomic E-state index is 5.94. The lowest BCUT2D eigenvalue weighted by atomic mass is 9.97. The third kappa shape index (κ3) is 3.68. The van der Waals surface area contributed by atoms with Crippen LogP contribution < -0.4 is 4.90 Å². The summed E-state index contributed by atoms with van der Waals surface area (Å²) in [6.07, 6.45) is 2.29. The second kappa shape index (κ2) is 7.62. The number of likely N-dealkylation sites (tertiary alicyclic amines) is 1. The molecule has 0 radical (unpaired) electrons.